The van der Waals surface area contributed by atoms with Crippen LogP contribution in [0.4, 0.5) is 0 Å². The lowest BCUT2D eigenvalue weighted by Crippen LogP contribution is -2.52. The topological polar surface area (TPSA) is 68.4 Å². The van der Waals surface area contributed by atoms with Crippen LogP contribution in [0, 0.1) is 5.92 Å². The highest BCUT2D eigenvalue weighted by atomic mass is 16.2. The van der Waals surface area contributed by atoms with Crippen molar-refractivity contribution in [2.75, 3.05) is 26.2 Å². The number of fused-ring (bicyclic) bond motifs is 2. The molecule has 3 aliphatic rings. The molecule has 3 aliphatic heterocycles. The first-order valence-corrected chi connectivity index (χ1v) is 9.52. The minimum atomic E-state index is -0.132. The monoisotopic (exact) mass is 343 g/mol. The fourth-order valence-electron chi connectivity index (χ4n) is 4.36. The van der Waals surface area contributed by atoms with Gasteiger partial charge in [-0.3, -0.25) is 15.1 Å². The van der Waals surface area contributed by atoms with E-state index in [0.29, 0.717) is 24.5 Å². The van der Waals surface area contributed by atoms with Gasteiger partial charge in [-0.15, -0.1) is 0 Å². The van der Waals surface area contributed by atoms with Crippen LogP contribution in [0.1, 0.15) is 24.5 Å². The summed E-state index contributed by atoms with van der Waals surface area (Å²) in [6.07, 6.45) is 2.17. The molecule has 6 heteroatoms. The van der Waals surface area contributed by atoms with Crippen molar-refractivity contribution in [1.29, 1.82) is 0 Å². The number of nitrogens with one attached hydrogen (secondary N) is 4. The molecule has 0 aliphatic carbocycles. The number of hydrazine groups is 1. The smallest absolute Gasteiger partial charge is 0.238 e. The number of nitrogens with zero attached hydrogens (tertiary/aromatic N) is 1. The van der Waals surface area contributed by atoms with Crippen molar-refractivity contribution in [1.82, 2.24) is 26.4 Å². The lowest BCUT2D eigenvalue weighted by molar-refractivity contribution is -0.124. The molecule has 4 N–H and O–H groups in total. The molecule has 2 fully saturated rings. The van der Waals surface area contributed by atoms with Crippen LogP contribution in [0.5, 0.6) is 0 Å². The summed E-state index contributed by atoms with van der Waals surface area (Å²) < 4.78 is 0. The van der Waals surface area contributed by atoms with Gasteiger partial charge in [0.05, 0.1) is 0 Å². The highest BCUT2D eigenvalue weighted by molar-refractivity contribution is 5.82. The second-order valence-corrected chi connectivity index (χ2v) is 7.61. The molecule has 25 heavy (non-hydrogen) atoms. The molecular formula is C19H29N5O. The molecule has 1 aromatic carbocycles. The Balaban J connectivity index is 1.29. The summed E-state index contributed by atoms with van der Waals surface area (Å²) in [5.74, 6) is 0.457. The maximum Gasteiger partial charge on any atom is 0.238 e. The molecule has 1 amide bonds. The molecule has 6 nitrogen and oxygen atoms in total. The average molecular weight is 343 g/mol. The van der Waals surface area contributed by atoms with Crippen LogP contribution >= 0.6 is 0 Å². The van der Waals surface area contributed by atoms with Crippen LogP contribution in [-0.2, 0) is 17.8 Å². The molecule has 0 aromatic heterocycles. The van der Waals surface area contributed by atoms with E-state index in [-0.39, 0.29) is 11.9 Å². The molecule has 1 aromatic rings. The highest BCUT2D eigenvalue weighted by Gasteiger charge is 2.41. The van der Waals surface area contributed by atoms with Crippen molar-refractivity contribution >= 4 is 5.91 Å². The minimum Gasteiger partial charge on any atom is -0.353 e. The first-order valence-electron chi connectivity index (χ1n) is 9.52. The van der Waals surface area contributed by atoms with Gasteiger partial charge in [0.2, 0.25) is 5.91 Å². The van der Waals surface area contributed by atoms with E-state index in [4.69, 9.17) is 0 Å². The number of benzene rings is 1. The second-order valence-electron chi connectivity index (χ2n) is 7.61. The molecule has 0 bridgehead atoms. The van der Waals surface area contributed by atoms with Crippen LogP contribution in [0.15, 0.2) is 24.3 Å². The largest absolute Gasteiger partial charge is 0.353 e. The molecular weight excluding hydrogens is 314 g/mol. The Morgan fingerprint density at radius 2 is 2.16 bits per heavy atom. The second kappa shape index (κ2) is 7.41. The predicted octanol–water partition coefficient (Wildman–Crippen LogP) is 0.00390. The molecule has 0 saturated carbocycles. The quantitative estimate of drug-likeness (QED) is 0.620. The van der Waals surface area contributed by atoms with Crippen LogP contribution in [0.3, 0.4) is 0 Å². The minimum absolute atomic E-state index is 0.118. The van der Waals surface area contributed by atoms with E-state index < -0.39 is 0 Å². The zero-order valence-electron chi connectivity index (χ0n) is 14.9. The Morgan fingerprint density at radius 3 is 3.04 bits per heavy atom. The Kier molecular flexibility index (Phi) is 5.03. The zero-order chi connectivity index (χ0) is 17.2. The van der Waals surface area contributed by atoms with E-state index in [1.807, 2.05) is 0 Å². The van der Waals surface area contributed by atoms with E-state index in [0.717, 1.165) is 39.0 Å². The molecule has 4 rings (SSSR count). The SMILES string of the molecule is CC(CNC(=O)C1NNC2CCNCC21)N1CCc2ccccc2C1. The lowest BCUT2D eigenvalue weighted by atomic mass is 9.89. The van der Waals surface area contributed by atoms with E-state index in [2.05, 4.69) is 57.6 Å². The Labute approximate surface area is 149 Å². The lowest BCUT2D eigenvalue weighted by Gasteiger charge is -2.34. The van der Waals surface area contributed by atoms with Crippen molar-refractivity contribution in [2.24, 2.45) is 5.92 Å². The van der Waals surface area contributed by atoms with Crippen molar-refractivity contribution in [3.63, 3.8) is 0 Å². The number of amides is 1. The van der Waals surface area contributed by atoms with E-state index in [1.165, 1.54) is 11.1 Å². The Morgan fingerprint density at radius 1 is 1.32 bits per heavy atom. The number of carbonyl (C=O) groups is 1. The highest BCUT2D eigenvalue weighted by Crippen LogP contribution is 2.21. The molecule has 3 heterocycles. The number of carbonyl (C=O) groups excluding carboxylic acids is 1. The molecule has 136 valence electrons. The molecule has 0 spiro atoms. The van der Waals surface area contributed by atoms with E-state index in [9.17, 15) is 4.79 Å². The van der Waals surface area contributed by atoms with Gasteiger partial charge in [-0.05, 0) is 37.4 Å². The van der Waals surface area contributed by atoms with E-state index >= 15 is 0 Å². The van der Waals surface area contributed by atoms with Gasteiger partial charge in [-0.1, -0.05) is 24.3 Å². The third kappa shape index (κ3) is 3.58. The normalized spacial score (nSPS) is 30.4. The standard InChI is InChI=1S/C19H29N5O/c1-13(24-9-7-14-4-2-3-5-15(14)12-24)10-21-19(25)18-16-11-20-8-6-17(16)22-23-18/h2-5,13,16-18,20,22-23H,6-12H2,1H3,(H,21,25). The van der Waals surface area contributed by atoms with Gasteiger partial charge in [0.1, 0.15) is 6.04 Å². The summed E-state index contributed by atoms with van der Waals surface area (Å²) >= 11 is 0. The van der Waals surface area contributed by atoms with Crippen molar-refractivity contribution < 1.29 is 4.79 Å². The number of hydrogen-bond acceptors (Lipinski definition) is 5. The summed E-state index contributed by atoms with van der Waals surface area (Å²) in [4.78, 5) is 15.1. The van der Waals surface area contributed by atoms with Gasteiger partial charge < -0.3 is 10.6 Å². The van der Waals surface area contributed by atoms with Crippen LogP contribution < -0.4 is 21.5 Å². The van der Waals surface area contributed by atoms with Gasteiger partial charge in [0.25, 0.3) is 0 Å². The predicted molar refractivity (Wildman–Crippen MR) is 97.9 cm³/mol. The van der Waals surface area contributed by atoms with Crippen molar-refractivity contribution in [3.05, 3.63) is 35.4 Å². The molecule has 2 saturated heterocycles. The Bertz CT molecular complexity index is 622. The maximum atomic E-state index is 12.6. The van der Waals surface area contributed by atoms with Gasteiger partial charge in [0, 0.05) is 44.2 Å². The average Bonchev–Trinajstić information content (AvgIpc) is 3.09. The van der Waals surface area contributed by atoms with Crippen molar-refractivity contribution in [3.8, 4) is 0 Å². The number of rotatable bonds is 4. The van der Waals surface area contributed by atoms with Gasteiger partial charge in [-0.2, -0.15) is 0 Å². The fraction of sp³-hybridized carbons (Fsp3) is 0.632. The summed E-state index contributed by atoms with van der Waals surface area (Å²) in [6, 6.07) is 9.30. The third-order valence-electron chi connectivity index (χ3n) is 6.02. The van der Waals surface area contributed by atoms with Gasteiger partial charge in [-0.25, -0.2) is 5.43 Å². The molecule has 4 atom stereocenters. The fourth-order valence-corrected chi connectivity index (χ4v) is 4.36. The Hall–Kier alpha value is -1.47. The summed E-state index contributed by atoms with van der Waals surface area (Å²) in [7, 11) is 0. The first-order chi connectivity index (χ1) is 12.2. The van der Waals surface area contributed by atoms with Gasteiger partial charge >= 0.3 is 0 Å². The first kappa shape index (κ1) is 17.0. The third-order valence-corrected chi connectivity index (χ3v) is 6.02. The zero-order valence-corrected chi connectivity index (χ0v) is 14.9. The molecule has 0 radical (unpaired) electrons. The van der Waals surface area contributed by atoms with Crippen LogP contribution in [0.25, 0.3) is 0 Å². The van der Waals surface area contributed by atoms with Crippen LogP contribution in [0.2, 0.25) is 0 Å². The number of hydrogen-bond donors (Lipinski definition) is 4. The van der Waals surface area contributed by atoms with Crippen LogP contribution in [-0.4, -0.2) is 55.1 Å². The van der Waals surface area contributed by atoms with Crippen molar-refractivity contribution in [2.45, 2.75) is 44.4 Å². The molecule has 4 unspecified atom stereocenters. The summed E-state index contributed by atoms with van der Waals surface area (Å²) in [5, 5.41) is 6.57. The maximum absolute atomic E-state index is 12.6. The van der Waals surface area contributed by atoms with Gasteiger partial charge in [0.15, 0.2) is 0 Å². The summed E-state index contributed by atoms with van der Waals surface area (Å²) in [5.41, 5.74) is 9.38. The number of piperidine rings is 1. The summed E-state index contributed by atoms with van der Waals surface area (Å²) in [6.45, 7) is 6.87. The van der Waals surface area contributed by atoms with E-state index in [1.54, 1.807) is 0 Å².